The molecule has 2 aliphatic rings. The van der Waals surface area contributed by atoms with Crippen LogP contribution in [0.15, 0.2) is 48.0 Å². The number of nitrogens with zero attached hydrogens (tertiary/aromatic N) is 1. The Bertz CT molecular complexity index is 845. The molecule has 1 N–H and O–H groups in total. The third kappa shape index (κ3) is 4.32. The molecular weight excluding hydrogens is 381 g/mol. The second-order valence-corrected chi connectivity index (χ2v) is 7.31. The minimum atomic E-state index is -0.873. The van der Waals surface area contributed by atoms with Crippen molar-refractivity contribution in [2.75, 3.05) is 33.4 Å². The number of piperidine rings is 1. The van der Waals surface area contributed by atoms with Crippen LogP contribution in [0, 0.1) is 5.82 Å². The Labute approximate surface area is 171 Å². The van der Waals surface area contributed by atoms with Crippen LogP contribution in [-0.4, -0.2) is 43.4 Å². The molecule has 150 valence electrons. The van der Waals surface area contributed by atoms with Crippen molar-refractivity contribution in [3.05, 3.63) is 65.0 Å². The number of likely N-dealkylation sites (tertiary alicyclic amines) is 1. The average molecular weight is 406 g/mol. The third-order valence-electron chi connectivity index (χ3n) is 5.48. The van der Waals surface area contributed by atoms with Crippen LogP contribution in [0.25, 0.3) is 6.08 Å². The van der Waals surface area contributed by atoms with Gasteiger partial charge in [0, 0.05) is 25.2 Å². The molecule has 0 radical (unpaired) electrons. The quantitative estimate of drug-likeness (QED) is 0.834. The molecule has 2 aliphatic heterocycles. The summed E-state index contributed by atoms with van der Waals surface area (Å²) in [4.78, 5) is 2.33. The maximum Gasteiger partial charge on any atom is 0.127 e. The van der Waals surface area contributed by atoms with Crippen LogP contribution in [0.5, 0.6) is 11.5 Å². The molecule has 6 heteroatoms. The van der Waals surface area contributed by atoms with E-state index in [4.69, 9.17) is 9.47 Å². The van der Waals surface area contributed by atoms with E-state index in [-0.39, 0.29) is 18.2 Å². The van der Waals surface area contributed by atoms with Crippen molar-refractivity contribution in [2.24, 2.45) is 0 Å². The maximum absolute atomic E-state index is 13.1. The lowest BCUT2D eigenvalue weighted by Gasteiger charge is -2.39. The Balaban J connectivity index is 0.00000225. The second kappa shape index (κ2) is 8.52. The average Bonchev–Trinajstić information content (AvgIpc) is 2.70. The summed E-state index contributed by atoms with van der Waals surface area (Å²) in [6, 6.07) is 12.0. The fraction of sp³-hybridized carbons (Fsp3) is 0.364. The Kier molecular flexibility index (Phi) is 6.28. The number of fused-ring (bicyclic) bond motifs is 1. The molecule has 0 aromatic heterocycles. The van der Waals surface area contributed by atoms with E-state index in [0.29, 0.717) is 19.4 Å². The van der Waals surface area contributed by atoms with Crippen LogP contribution in [0.1, 0.15) is 24.0 Å². The van der Waals surface area contributed by atoms with Crippen molar-refractivity contribution < 1.29 is 19.0 Å². The van der Waals surface area contributed by atoms with Gasteiger partial charge in [0.1, 0.15) is 23.9 Å². The molecule has 0 spiro atoms. The topological polar surface area (TPSA) is 41.9 Å². The maximum atomic E-state index is 13.1. The first-order valence-corrected chi connectivity index (χ1v) is 9.27. The summed E-state index contributed by atoms with van der Waals surface area (Å²) in [6.45, 7) is 2.97. The fourth-order valence-electron chi connectivity index (χ4n) is 3.84. The highest BCUT2D eigenvalue weighted by Gasteiger charge is 2.34. The van der Waals surface area contributed by atoms with Crippen molar-refractivity contribution in [1.29, 1.82) is 0 Å². The summed E-state index contributed by atoms with van der Waals surface area (Å²) >= 11 is 0. The first kappa shape index (κ1) is 20.6. The van der Waals surface area contributed by atoms with Gasteiger partial charge in [-0.3, -0.25) is 4.90 Å². The Hall–Kier alpha value is -2.08. The first-order valence-electron chi connectivity index (χ1n) is 9.27. The number of aliphatic hydroxyl groups is 1. The molecular formula is C22H25ClFNO3. The Morgan fingerprint density at radius 1 is 1.14 bits per heavy atom. The second-order valence-electron chi connectivity index (χ2n) is 7.31. The number of ether oxygens (including phenoxy) is 2. The van der Waals surface area contributed by atoms with Crippen molar-refractivity contribution in [1.82, 2.24) is 4.90 Å². The summed E-state index contributed by atoms with van der Waals surface area (Å²) in [5.74, 6) is 1.42. The molecule has 2 aromatic rings. The summed E-state index contributed by atoms with van der Waals surface area (Å²) in [5, 5.41) is 10.9. The van der Waals surface area contributed by atoms with Crippen LogP contribution >= 0.6 is 12.4 Å². The van der Waals surface area contributed by atoms with Crippen LogP contribution in [0.3, 0.4) is 0 Å². The molecule has 4 nitrogen and oxygen atoms in total. The van der Waals surface area contributed by atoms with Gasteiger partial charge in [-0.15, -0.1) is 12.4 Å². The number of hydrogen-bond acceptors (Lipinski definition) is 4. The van der Waals surface area contributed by atoms with E-state index in [2.05, 4.69) is 11.0 Å². The molecule has 0 saturated carbocycles. The van der Waals surface area contributed by atoms with Gasteiger partial charge in [-0.2, -0.15) is 0 Å². The van der Waals surface area contributed by atoms with Crippen LogP contribution < -0.4 is 9.47 Å². The zero-order valence-corrected chi connectivity index (χ0v) is 16.7. The van der Waals surface area contributed by atoms with E-state index in [1.165, 1.54) is 17.7 Å². The van der Waals surface area contributed by atoms with Gasteiger partial charge in [0.05, 0.1) is 12.7 Å². The van der Waals surface area contributed by atoms with Crippen molar-refractivity contribution >= 4 is 18.5 Å². The Morgan fingerprint density at radius 3 is 2.54 bits per heavy atom. The third-order valence-corrected chi connectivity index (χ3v) is 5.48. The zero-order chi connectivity index (χ0) is 18.9. The SMILES string of the molecule is COc1ccc2c(c1)C=C(CN1CCC(O)(c3ccc(F)cc3)CC1)CO2.Cl. The van der Waals surface area contributed by atoms with E-state index >= 15 is 0 Å². The van der Waals surface area contributed by atoms with Crippen molar-refractivity contribution in [2.45, 2.75) is 18.4 Å². The van der Waals surface area contributed by atoms with E-state index in [9.17, 15) is 9.50 Å². The number of benzene rings is 2. The van der Waals surface area contributed by atoms with Gasteiger partial charge < -0.3 is 14.6 Å². The van der Waals surface area contributed by atoms with Crippen LogP contribution in [0.4, 0.5) is 4.39 Å². The summed E-state index contributed by atoms with van der Waals surface area (Å²) in [5.41, 5.74) is 2.17. The van der Waals surface area contributed by atoms with E-state index in [1.54, 1.807) is 19.2 Å². The summed E-state index contributed by atoms with van der Waals surface area (Å²) in [7, 11) is 1.66. The normalized spacial score (nSPS) is 18.3. The highest BCUT2D eigenvalue weighted by atomic mass is 35.5. The van der Waals surface area contributed by atoms with Crippen LogP contribution in [0.2, 0.25) is 0 Å². The summed E-state index contributed by atoms with van der Waals surface area (Å²) < 4.78 is 24.3. The zero-order valence-electron chi connectivity index (χ0n) is 15.9. The molecule has 0 amide bonds. The molecule has 2 heterocycles. The van der Waals surface area contributed by atoms with Gasteiger partial charge in [-0.05, 0) is 60.4 Å². The molecule has 28 heavy (non-hydrogen) atoms. The lowest BCUT2D eigenvalue weighted by molar-refractivity contribution is -0.0242. The van der Waals surface area contributed by atoms with Crippen molar-refractivity contribution in [3.63, 3.8) is 0 Å². The van der Waals surface area contributed by atoms with Gasteiger partial charge >= 0.3 is 0 Å². The predicted octanol–water partition coefficient (Wildman–Crippen LogP) is 4.02. The van der Waals surface area contributed by atoms with E-state index < -0.39 is 5.60 Å². The van der Waals surface area contributed by atoms with Gasteiger partial charge in [0.15, 0.2) is 0 Å². The van der Waals surface area contributed by atoms with Crippen molar-refractivity contribution in [3.8, 4) is 11.5 Å². The first-order chi connectivity index (χ1) is 13.1. The number of halogens is 2. The highest BCUT2D eigenvalue weighted by Crippen LogP contribution is 2.34. The number of rotatable bonds is 4. The molecule has 0 aliphatic carbocycles. The monoisotopic (exact) mass is 405 g/mol. The minimum Gasteiger partial charge on any atom is -0.497 e. The Morgan fingerprint density at radius 2 is 1.86 bits per heavy atom. The van der Waals surface area contributed by atoms with E-state index in [0.717, 1.165) is 42.3 Å². The summed E-state index contributed by atoms with van der Waals surface area (Å²) in [6.07, 6.45) is 3.44. The number of hydrogen-bond donors (Lipinski definition) is 1. The highest BCUT2D eigenvalue weighted by molar-refractivity contribution is 5.85. The molecule has 2 aromatic carbocycles. The molecule has 1 fully saturated rings. The lowest BCUT2D eigenvalue weighted by Crippen LogP contribution is -2.43. The van der Waals surface area contributed by atoms with Gasteiger partial charge in [0.2, 0.25) is 0 Å². The minimum absolute atomic E-state index is 0. The molecule has 0 bridgehead atoms. The standard InChI is InChI=1S/C22H24FNO3.ClH/c1-26-20-6-7-21-17(13-20)12-16(15-27-21)14-24-10-8-22(25,9-11-24)18-2-4-19(23)5-3-18;/h2-7,12-13,25H,8-11,14-15H2,1H3;1H. The predicted molar refractivity (Wildman–Crippen MR) is 110 cm³/mol. The number of methoxy groups -OCH3 is 1. The molecule has 4 rings (SSSR count). The van der Waals surface area contributed by atoms with Gasteiger partial charge in [-0.25, -0.2) is 4.39 Å². The largest absolute Gasteiger partial charge is 0.497 e. The van der Waals surface area contributed by atoms with Gasteiger partial charge in [0.25, 0.3) is 0 Å². The smallest absolute Gasteiger partial charge is 0.127 e. The van der Waals surface area contributed by atoms with E-state index in [1.807, 2.05) is 18.2 Å². The molecule has 0 atom stereocenters. The van der Waals surface area contributed by atoms with Crippen LogP contribution in [-0.2, 0) is 5.60 Å². The lowest BCUT2D eigenvalue weighted by atomic mass is 9.84. The fourth-order valence-corrected chi connectivity index (χ4v) is 3.84. The molecule has 1 saturated heterocycles. The molecule has 0 unspecified atom stereocenters. The van der Waals surface area contributed by atoms with Gasteiger partial charge in [-0.1, -0.05) is 12.1 Å².